The monoisotopic (exact) mass is 1160 g/mol. The Balaban J connectivity index is 1.04. The van der Waals surface area contributed by atoms with Crippen molar-refractivity contribution < 1.29 is 80.4 Å². The minimum Gasteiger partial charge on any atom is -0.457 e. The molecule has 0 atom stereocenters. The molecule has 11 rings (SSSR count). The van der Waals surface area contributed by atoms with Gasteiger partial charge < -0.3 is 18.9 Å². The molecule has 390 valence electrons. The van der Waals surface area contributed by atoms with E-state index >= 15 is 17.6 Å². The van der Waals surface area contributed by atoms with Gasteiger partial charge >= 0.3 is 43.5 Å². The zero-order valence-electron chi connectivity index (χ0n) is 38.9. The lowest BCUT2D eigenvalue weighted by atomic mass is 9.49. The predicted octanol–water partition coefficient (Wildman–Crippen LogP) is 13.6. The zero-order chi connectivity index (χ0) is 51.0. The Hall–Kier alpha value is -3.41. The number of alkyl halides is 9. The third-order valence-electron chi connectivity index (χ3n) is 15.8. The van der Waals surface area contributed by atoms with Crippen molar-refractivity contribution in [3.8, 4) is 11.5 Å². The van der Waals surface area contributed by atoms with E-state index in [0.717, 1.165) is 38.5 Å². The molecule has 8 aliphatic carbocycles. The molecule has 0 unspecified atom stereocenters. The maximum Gasteiger partial charge on any atom is 0.461 e. The highest BCUT2D eigenvalue weighted by Gasteiger charge is 2.75. The fraction of sp³-hybridized carbons (Fsp3) is 0.600. The quantitative estimate of drug-likeness (QED) is 0.0355. The van der Waals surface area contributed by atoms with Gasteiger partial charge in [-0.1, -0.05) is 30.3 Å². The van der Waals surface area contributed by atoms with Crippen LogP contribution in [0.2, 0.25) is 0 Å². The van der Waals surface area contributed by atoms with E-state index in [2.05, 4.69) is 4.74 Å². The Bertz CT molecular complexity index is 2430. The second kappa shape index (κ2) is 19.1. The van der Waals surface area contributed by atoms with Gasteiger partial charge in [0.2, 0.25) is 13.6 Å². The van der Waals surface area contributed by atoms with Gasteiger partial charge in [-0.2, -0.15) is 43.5 Å². The first-order valence-corrected chi connectivity index (χ1v) is 27.8. The molecule has 0 radical (unpaired) electrons. The van der Waals surface area contributed by atoms with Crippen molar-refractivity contribution in [2.45, 2.75) is 140 Å². The molecule has 0 spiro atoms. The van der Waals surface area contributed by atoms with Crippen LogP contribution in [0.5, 0.6) is 11.5 Å². The van der Waals surface area contributed by atoms with Crippen LogP contribution in [0.25, 0.3) is 0 Å². The number of carbonyl (C=O) groups is 2. The van der Waals surface area contributed by atoms with Crippen LogP contribution < -0.4 is 9.47 Å². The molecule has 8 saturated carbocycles. The zero-order valence-corrected chi connectivity index (χ0v) is 42.7. The van der Waals surface area contributed by atoms with Crippen LogP contribution in [-0.2, 0) is 37.5 Å². The molecule has 0 aliphatic heterocycles. The van der Waals surface area contributed by atoms with Crippen molar-refractivity contribution in [1.29, 1.82) is 0 Å². The van der Waals surface area contributed by atoms with Gasteiger partial charge in [0, 0.05) is 48.4 Å². The summed E-state index contributed by atoms with van der Waals surface area (Å²) in [6.07, 6.45) is -0.137. The molecule has 21 heteroatoms. The van der Waals surface area contributed by atoms with Crippen LogP contribution in [0.3, 0.4) is 0 Å². The highest BCUT2D eigenvalue weighted by Crippen LogP contribution is 2.73. The van der Waals surface area contributed by atoms with Gasteiger partial charge in [0.05, 0.1) is 12.8 Å². The number of rotatable bonds is 20. The molecule has 0 N–H and O–H groups in total. The maximum atomic E-state index is 16.1. The third kappa shape index (κ3) is 10.1. The van der Waals surface area contributed by atoms with Crippen molar-refractivity contribution in [1.82, 2.24) is 0 Å². The minimum atomic E-state index is -7.27. The summed E-state index contributed by atoms with van der Waals surface area (Å²) in [6.45, 7) is 1.48. The first-order chi connectivity index (χ1) is 33.2. The van der Waals surface area contributed by atoms with Crippen LogP contribution in [0.4, 0.5) is 35.1 Å². The molecule has 0 heterocycles. The van der Waals surface area contributed by atoms with Gasteiger partial charge in [0.1, 0.15) is 11.5 Å². The van der Waals surface area contributed by atoms with Gasteiger partial charge in [-0.15, -0.1) is 0 Å². The first-order valence-electron chi connectivity index (χ1n) is 23.8. The van der Waals surface area contributed by atoms with Gasteiger partial charge in [-0.05, 0) is 184 Å². The molecule has 8 fully saturated rings. The van der Waals surface area contributed by atoms with E-state index in [4.69, 9.17) is 22.6 Å². The van der Waals surface area contributed by atoms with Crippen LogP contribution in [-0.4, -0.2) is 55.3 Å². The number of ether oxygens (including phenoxy) is 5. The molecule has 3 aromatic rings. The SMILES string of the molecule is Cc1c(OCOC(=O)CC23CC4CC(CC(C4)C2)C3)cccc1S(OS(=O)(=O)C(F)(F)C(F)(F)OC(F)(F)C(F)(F)I)(c1ccccc1)c1cccc(OCOC(=O)CC23CC4CC(CC(C4)C2)C3)c1C. The van der Waals surface area contributed by atoms with Crippen LogP contribution in [0, 0.1) is 60.2 Å². The standard InChI is InChI=1S/C50H55F8IO10S2/c1-30-39(64-28-66-43(60)26-45-20-32-14-33(21-45)16-34(15-32)22-45)10-6-12-41(30)70(38-8-4-3-5-9-38,69-71(62,63)50(57,58)49(55,56)68-48(53,54)47(51,52)59)42-13-7-11-40(31(42)2)65-29-67-44(61)27-46-23-35-17-36(24-46)19-37(18-35)25-46/h3-13,32-37H,14-29H2,1-2H3. The van der Waals surface area contributed by atoms with Crippen molar-refractivity contribution in [3.05, 3.63) is 77.9 Å². The van der Waals surface area contributed by atoms with Crippen LogP contribution in [0.15, 0.2) is 81.4 Å². The normalized spacial score (nSPS) is 29.3. The van der Waals surface area contributed by atoms with E-state index in [-0.39, 0.29) is 83.6 Å². The highest BCUT2D eigenvalue weighted by atomic mass is 127. The fourth-order valence-corrected chi connectivity index (χ4v) is 19.5. The second-order valence-corrected chi connectivity index (χ2v) is 26.8. The number of halogens is 9. The predicted molar refractivity (Wildman–Crippen MR) is 250 cm³/mol. The lowest BCUT2D eigenvalue weighted by Gasteiger charge is -2.56. The smallest absolute Gasteiger partial charge is 0.457 e. The Morgan fingerprint density at radius 2 is 0.958 bits per heavy atom. The Kier molecular flexibility index (Phi) is 14.1. The summed E-state index contributed by atoms with van der Waals surface area (Å²) in [5, 5.41) is -6.77. The van der Waals surface area contributed by atoms with E-state index in [1.165, 1.54) is 119 Å². The van der Waals surface area contributed by atoms with E-state index in [9.17, 15) is 35.6 Å². The molecule has 71 heavy (non-hydrogen) atoms. The number of carbonyl (C=O) groups excluding carboxylic acids is 2. The van der Waals surface area contributed by atoms with E-state index < -0.39 is 67.4 Å². The first kappa shape index (κ1) is 52.5. The molecular weight excluding hydrogens is 1100 g/mol. The lowest BCUT2D eigenvalue weighted by molar-refractivity contribution is -0.438. The fourth-order valence-electron chi connectivity index (χ4n) is 13.9. The average Bonchev–Trinajstić information content (AvgIpc) is 3.25. The number of benzene rings is 3. The summed E-state index contributed by atoms with van der Waals surface area (Å²) in [7, 11) is -11.7. The Morgan fingerprint density at radius 3 is 1.32 bits per heavy atom. The average molecular weight is 1160 g/mol. The molecule has 8 aliphatic rings. The van der Waals surface area contributed by atoms with Gasteiger partial charge in [-0.25, -0.2) is 8.37 Å². The molecular formula is C50H55F8IO10S2. The van der Waals surface area contributed by atoms with Gasteiger partial charge in [0.15, 0.2) is 0 Å². The number of hydrogen-bond donors (Lipinski definition) is 0. The number of esters is 2. The summed E-state index contributed by atoms with van der Waals surface area (Å²) in [5.74, 6) is 2.27. The summed E-state index contributed by atoms with van der Waals surface area (Å²) >= 11 is -0.310. The van der Waals surface area contributed by atoms with Crippen molar-refractivity contribution in [3.63, 3.8) is 0 Å². The third-order valence-corrected chi connectivity index (χ3v) is 21.9. The molecule has 8 bridgehead atoms. The van der Waals surface area contributed by atoms with E-state index in [1.807, 2.05) is 0 Å². The summed E-state index contributed by atoms with van der Waals surface area (Å²) < 4.78 is 172. The summed E-state index contributed by atoms with van der Waals surface area (Å²) in [4.78, 5) is 25.9. The maximum absolute atomic E-state index is 16.1. The van der Waals surface area contributed by atoms with Gasteiger partial charge in [-0.3, -0.25) is 9.59 Å². The van der Waals surface area contributed by atoms with E-state index in [0.29, 0.717) is 35.5 Å². The second-order valence-electron chi connectivity index (χ2n) is 21.0. The molecule has 0 saturated heterocycles. The summed E-state index contributed by atoms with van der Waals surface area (Å²) in [5.41, 5.74) is -0.367. The van der Waals surface area contributed by atoms with Crippen molar-refractivity contribution in [2.75, 3.05) is 13.6 Å². The topological polar surface area (TPSA) is 124 Å². The van der Waals surface area contributed by atoms with Crippen molar-refractivity contribution >= 4 is 55.0 Å². The van der Waals surface area contributed by atoms with Crippen molar-refractivity contribution in [2.24, 2.45) is 46.3 Å². The van der Waals surface area contributed by atoms with Crippen LogP contribution >= 0.6 is 32.9 Å². The highest BCUT2D eigenvalue weighted by molar-refractivity contribution is 14.1. The molecule has 0 aromatic heterocycles. The lowest BCUT2D eigenvalue weighted by Crippen LogP contribution is -2.55. The number of hydrogen-bond acceptors (Lipinski definition) is 10. The molecule has 3 aromatic carbocycles. The van der Waals surface area contributed by atoms with E-state index in [1.54, 1.807) is 0 Å². The molecule has 10 nitrogen and oxygen atoms in total. The minimum absolute atomic E-state index is 0.0228. The Labute approximate surface area is 422 Å². The Morgan fingerprint density at radius 1 is 0.577 bits per heavy atom. The van der Waals surface area contributed by atoms with Crippen LogP contribution in [0.1, 0.15) is 101 Å². The largest absolute Gasteiger partial charge is 0.461 e. The summed E-state index contributed by atoms with van der Waals surface area (Å²) in [6, 6.07) is 14.6. The molecule has 0 amide bonds. The van der Waals surface area contributed by atoms with Gasteiger partial charge in [0.25, 0.3) is 0 Å².